The van der Waals surface area contributed by atoms with Crippen molar-refractivity contribution < 1.29 is 4.79 Å². The summed E-state index contributed by atoms with van der Waals surface area (Å²) in [6, 6.07) is 12.9. The molecular formula is C23H27N5O. The normalized spacial score (nSPS) is 17.3. The van der Waals surface area contributed by atoms with Gasteiger partial charge in [0.05, 0.1) is 11.7 Å². The van der Waals surface area contributed by atoms with Gasteiger partial charge in [-0.3, -0.25) is 9.69 Å². The molecule has 2 aliphatic rings. The van der Waals surface area contributed by atoms with E-state index in [1.165, 1.54) is 11.1 Å². The Labute approximate surface area is 171 Å². The number of nitrogens with zero attached hydrogens (tertiary/aromatic N) is 4. The average Bonchev–Trinajstić information content (AvgIpc) is 3.36. The van der Waals surface area contributed by atoms with Gasteiger partial charge >= 0.3 is 0 Å². The van der Waals surface area contributed by atoms with Gasteiger partial charge in [-0.05, 0) is 37.1 Å². The molecule has 1 fully saturated rings. The third kappa shape index (κ3) is 3.38. The Balaban J connectivity index is 1.33. The summed E-state index contributed by atoms with van der Waals surface area (Å²) in [6.07, 6.45) is 1.86. The largest absolute Gasteiger partial charge is 0.354 e. The number of hydrogen-bond donors (Lipinski definition) is 1. The molecule has 2 aliphatic heterocycles. The Kier molecular flexibility index (Phi) is 4.51. The number of piperazine rings is 1. The average molecular weight is 390 g/mol. The highest BCUT2D eigenvalue weighted by atomic mass is 16.2. The summed E-state index contributed by atoms with van der Waals surface area (Å²) in [5, 5.41) is 1.04. The fourth-order valence-corrected chi connectivity index (χ4v) is 4.42. The van der Waals surface area contributed by atoms with Crippen molar-refractivity contribution in [3.8, 4) is 0 Å². The maximum atomic E-state index is 13.0. The smallest absolute Gasteiger partial charge is 0.270 e. The van der Waals surface area contributed by atoms with Crippen LogP contribution in [0.5, 0.6) is 0 Å². The van der Waals surface area contributed by atoms with Crippen LogP contribution in [0.2, 0.25) is 0 Å². The highest BCUT2D eigenvalue weighted by Gasteiger charge is 2.25. The number of hydrogen-bond acceptors (Lipinski definition) is 4. The van der Waals surface area contributed by atoms with Gasteiger partial charge in [0.2, 0.25) is 0 Å². The zero-order chi connectivity index (χ0) is 20.0. The van der Waals surface area contributed by atoms with Crippen molar-refractivity contribution in [3.05, 3.63) is 59.4 Å². The summed E-state index contributed by atoms with van der Waals surface area (Å²) < 4.78 is 0. The van der Waals surface area contributed by atoms with E-state index < -0.39 is 0 Å². The van der Waals surface area contributed by atoms with Gasteiger partial charge in [0.1, 0.15) is 11.5 Å². The molecule has 0 bridgehead atoms. The second-order valence-corrected chi connectivity index (χ2v) is 8.36. The molecule has 1 aromatic carbocycles. The number of fused-ring (bicyclic) bond motifs is 2. The SMILES string of the molecule is CC(C)N1CCN(c2cc3cc(C(=O)N4Cc5ccccc5C4)[nH]c3cn2)CC1. The summed E-state index contributed by atoms with van der Waals surface area (Å²) in [5.74, 6) is 1.04. The zero-order valence-electron chi connectivity index (χ0n) is 17.1. The summed E-state index contributed by atoms with van der Waals surface area (Å²) >= 11 is 0. The molecule has 0 aliphatic carbocycles. The van der Waals surface area contributed by atoms with Crippen LogP contribution >= 0.6 is 0 Å². The number of nitrogens with one attached hydrogen (secondary N) is 1. The van der Waals surface area contributed by atoms with Crippen LogP contribution in [0.4, 0.5) is 5.82 Å². The van der Waals surface area contributed by atoms with E-state index in [9.17, 15) is 4.79 Å². The zero-order valence-corrected chi connectivity index (χ0v) is 17.1. The molecule has 4 heterocycles. The first-order chi connectivity index (χ1) is 14.1. The number of amides is 1. The number of anilines is 1. The number of rotatable bonds is 3. The van der Waals surface area contributed by atoms with Crippen molar-refractivity contribution in [3.63, 3.8) is 0 Å². The first kappa shape index (κ1) is 18.2. The van der Waals surface area contributed by atoms with E-state index >= 15 is 0 Å². The molecule has 2 aromatic heterocycles. The summed E-state index contributed by atoms with van der Waals surface area (Å²) in [6.45, 7) is 9.93. The number of H-pyrrole nitrogens is 1. The van der Waals surface area contributed by atoms with Crippen LogP contribution in [-0.4, -0.2) is 57.9 Å². The Bertz CT molecular complexity index is 1020. The van der Waals surface area contributed by atoms with Gasteiger partial charge in [0.25, 0.3) is 5.91 Å². The number of benzene rings is 1. The van der Waals surface area contributed by atoms with Crippen molar-refractivity contribution in [2.75, 3.05) is 31.1 Å². The minimum absolute atomic E-state index is 0.0458. The lowest BCUT2D eigenvalue weighted by Crippen LogP contribution is -2.49. The highest BCUT2D eigenvalue weighted by Crippen LogP contribution is 2.26. The Morgan fingerprint density at radius 3 is 2.38 bits per heavy atom. The predicted octanol–water partition coefficient (Wildman–Crippen LogP) is 3.25. The van der Waals surface area contributed by atoms with Crippen molar-refractivity contribution in [1.29, 1.82) is 0 Å². The quantitative estimate of drug-likeness (QED) is 0.747. The van der Waals surface area contributed by atoms with Crippen molar-refractivity contribution in [2.24, 2.45) is 0 Å². The van der Waals surface area contributed by atoms with Gasteiger partial charge < -0.3 is 14.8 Å². The topological polar surface area (TPSA) is 55.5 Å². The molecule has 0 spiro atoms. The van der Waals surface area contributed by atoms with E-state index in [2.05, 4.69) is 51.8 Å². The molecule has 0 unspecified atom stereocenters. The van der Waals surface area contributed by atoms with Gasteiger partial charge in [-0.2, -0.15) is 0 Å². The van der Waals surface area contributed by atoms with Crippen LogP contribution in [0.15, 0.2) is 42.6 Å². The number of aromatic nitrogens is 2. The molecule has 6 heteroatoms. The van der Waals surface area contributed by atoms with Gasteiger partial charge in [0, 0.05) is 50.7 Å². The molecule has 6 nitrogen and oxygen atoms in total. The van der Waals surface area contributed by atoms with Crippen LogP contribution in [0.3, 0.4) is 0 Å². The first-order valence-corrected chi connectivity index (χ1v) is 10.4. The molecular weight excluding hydrogens is 362 g/mol. The molecule has 3 aromatic rings. The van der Waals surface area contributed by atoms with E-state index in [1.807, 2.05) is 29.3 Å². The molecule has 1 N–H and O–H groups in total. The van der Waals surface area contributed by atoms with E-state index in [0.717, 1.165) is 42.9 Å². The van der Waals surface area contributed by atoms with Crippen LogP contribution in [0.1, 0.15) is 35.5 Å². The van der Waals surface area contributed by atoms with Crippen LogP contribution < -0.4 is 4.90 Å². The van der Waals surface area contributed by atoms with E-state index in [4.69, 9.17) is 0 Å². The number of aromatic amines is 1. The molecule has 0 saturated carbocycles. The van der Waals surface area contributed by atoms with Crippen molar-refractivity contribution >= 4 is 22.6 Å². The van der Waals surface area contributed by atoms with E-state index in [0.29, 0.717) is 24.8 Å². The summed E-state index contributed by atoms with van der Waals surface area (Å²) in [7, 11) is 0. The molecule has 150 valence electrons. The van der Waals surface area contributed by atoms with Crippen LogP contribution in [0.25, 0.3) is 10.9 Å². The molecule has 29 heavy (non-hydrogen) atoms. The monoisotopic (exact) mass is 389 g/mol. The molecule has 1 saturated heterocycles. The minimum atomic E-state index is 0.0458. The molecule has 0 atom stereocenters. The number of carbonyl (C=O) groups excluding carboxylic acids is 1. The third-order valence-corrected chi connectivity index (χ3v) is 6.22. The predicted molar refractivity (Wildman–Crippen MR) is 115 cm³/mol. The standard InChI is InChI=1S/C23H27N5O/c1-16(2)26-7-9-27(10-8-26)22-12-19-11-20(25-21(19)13-24-22)23(29)28-14-17-5-3-4-6-18(17)15-28/h3-6,11-13,16,25H,7-10,14-15H2,1-2H3. The number of pyridine rings is 1. The summed E-state index contributed by atoms with van der Waals surface area (Å²) in [4.78, 5) is 27.7. The third-order valence-electron chi connectivity index (χ3n) is 6.22. The highest BCUT2D eigenvalue weighted by molar-refractivity contribution is 5.98. The van der Waals surface area contributed by atoms with Gasteiger partial charge in [0.15, 0.2) is 0 Å². The second kappa shape index (κ2) is 7.19. The molecule has 0 radical (unpaired) electrons. The summed E-state index contributed by atoms with van der Waals surface area (Å²) in [5.41, 5.74) is 4.02. The van der Waals surface area contributed by atoms with Crippen LogP contribution in [0, 0.1) is 0 Å². The first-order valence-electron chi connectivity index (χ1n) is 10.4. The fourth-order valence-electron chi connectivity index (χ4n) is 4.42. The Hall–Kier alpha value is -2.86. The molecule has 1 amide bonds. The Morgan fingerprint density at radius 1 is 1.03 bits per heavy atom. The molecule has 5 rings (SSSR count). The van der Waals surface area contributed by atoms with Crippen molar-refractivity contribution in [1.82, 2.24) is 19.8 Å². The lowest BCUT2D eigenvalue weighted by atomic mass is 10.1. The van der Waals surface area contributed by atoms with Gasteiger partial charge in [-0.25, -0.2) is 4.98 Å². The second-order valence-electron chi connectivity index (χ2n) is 8.36. The number of carbonyl (C=O) groups is 1. The van der Waals surface area contributed by atoms with Crippen molar-refractivity contribution in [2.45, 2.75) is 33.0 Å². The lowest BCUT2D eigenvalue weighted by Gasteiger charge is -2.37. The van der Waals surface area contributed by atoms with Crippen LogP contribution in [-0.2, 0) is 13.1 Å². The maximum absolute atomic E-state index is 13.0. The Morgan fingerprint density at radius 2 is 1.72 bits per heavy atom. The fraction of sp³-hybridized carbons (Fsp3) is 0.391. The lowest BCUT2D eigenvalue weighted by molar-refractivity contribution is 0.0746. The minimum Gasteiger partial charge on any atom is -0.354 e. The van der Waals surface area contributed by atoms with E-state index in [-0.39, 0.29) is 5.91 Å². The van der Waals surface area contributed by atoms with Gasteiger partial charge in [-0.15, -0.1) is 0 Å². The van der Waals surface area contributed by atoms with E-state index in [1.54, 1.807) is 0 Å². The van der Waals surface area contributed by atoms with Gasteiger partial charge in [-0.1, -0.05) is 24.3 Å². The maximum Gasteiger partial charge on any atom is 0.270 e.